The van der Waals surface area contributed by atoms with Gasteiger partial charge in [0.15, 0.2) is 5.78 Å². The first-order valence-electron chi connectivity index (χ1n) is 9.17. The summed E-state index contributed by atoms with van der Waals surface area (Å²) in [6.07, 6.45) is 17.0. The molecule has 0 aromatic rings. The van der Waals surface area contributed by atoms with Gasteiger partial charge in [-0.05, 0) is 85.0 Å². The fraction of sp³-hybridized carbons (Fsp3) is 0.750. The summed E-state index contributed by atoms with van der Waals surface area (Å²) in [7, 11) is -0.393. The van der Waals surface area contributed by atoms with Crippen LogP contribution in [0.15, 0.2) is 23.8 Å². The first kappa shape index (κ1) is 15.1. The molecule has 0 aromatic carbocycles. The molecule has 0 amide bonds. The van der Waals surface area contributed by atoms with Crippen LogP contribution in [0.4, 0.5) is 0 Å². The number of ketones is 1. The Labute approximate surface area is 136 Å². The normalized spacial score (nSPS) is 53.0. The van der Waals surface area contributed by atoms with Gasteiger partial charge in [0.25, 0.3) is 0 Å². The fourth-order valence-electron chi connectivity index (χ4n) is 6.40. The first-order valence-corrected chi connectivity index (χ1v) is 11.5. The summed E-state index contributed by atoms with van der Waals surface area (Å²) in [6, 6.07) is 0. The molecule has 1 saturated carbocycles. The molecule has 4 aliphatic rings. The molecule has 2 saturated heterocycles. The number of carbonyl (C=O) groups excluding carboxylic acids is 1. The molecule has 1 nitrogen and oxygen atoms in total. The number of allylic oxidation sites excluding steroid dienone is 4. The lowest BCUT2D eigenvalue weighted by Gasteiger charge is -2.59. The lowest BCUT2D eigenvalue weighted by molar-refractivity contribution is -0.110. The number of rotatable bonds is 1. The maximum atomic E-state index is 11.8. The largest absolute Gasteiger partial charge is 0.290 e. The van der Waals surface area contributed by atoms with Crippen molar-refractivity contribution < 1.29 is 4.79 Å². The van der Waals surface area contributed by atoms with Crippen molar-refractivity contribution in [2.45, 2.75) is 62.9 Å². The third-order valence-electron chi connectivity index (χ3n) is 7.66. The van der Waals surface area contributed by atoms with E-state index in [1.54, 1.807) is 0 Å². The molecule has 0 radical (unpaired) electrons. The van der Waals surface area contributed by atoms with E-state index >= 15 is 0 Å². The molecule has 22 heavy (non-hydrogen) atoms. The highest BCUT2D eigenvalue weighted by Crippen LogP contribution is 2.71. The molecular formula is C20H30OS. The van der Waals surface area contributed by atoms with Crippen molar-refractivity contribution in [3.8, 4) is 0 Å². The number of hydrogen-bond acceptors (Lipinski definition) is 1. The van der Waals surface area contributed by atoms with E-state index in [1.807, 2.05) is 12.2 Å². The summed E-state index contributed by atoms with van der Waals surface area (Å²) in [4.78, 5) is 11.8. The zero-order chi connectivity index (χ0) is 15.5. The summed E-state index contributed by atoms with van der Waals surface area (Å²) >= 11 is 0. The molecular weight excluding hydrogens is 288 g/mol. The second-order valence-electron chi connectivity index (χ2n) is 8.37. The Balaban J connectivity index is 1.68. The minimum Gasteiger partial charge on any atom is -0.290 e. The van der Waals surface area contributed by atoms with Crippen LogP contribution in [-0.4, -0.2) is 28.3 Å². The van der Waals surface area contributed by atoms with Gasteiger partial charge in [-0.2, -0.15) is 0 Å². The van der Waals surface area contributed by atoms with Crippen LogP contribution < -0.4 is 0 Å². The highest BCUT2D eigenvalue weighted by Gasteiger charge is 2.55. The van der Waals surface area contributed by atoms with E-state index in [4.69, 9.17) is 0 Å². The van der Waals surface area contributed by atoms with E-state index < -0.39 is 10.0 Å². The Kier molecular flexibility index (Phi) is 3.42. The van der Waals surface area contributed by atoms with Gasteiger partial charge in [0.05, 0.1) is 0 Å². The van der Waals surface area contributed by atoms with E-state index in [0.29, 0.717) is 0 Å². The Morgan fingerprint density at radius 3 is 2.86 bits per heavy atom. The predicted molar refractivity (Wildman–Crippen MR) is 96.7 cm³/mol. The van der Waals surface area contributed by atoms with Gasteiger partial charge in [0.1, 0.15) is 0 Å². The SMILES string of the molecule is CC[C@H]1CCC2[C@@H]3CCC4=CC(=O)C=C[C@]4(C)C3CCS21C. The predicted octanol–water partition coefficient (Wildman–Crippen LogP) is 4.86. The minimum atomic E-state index is -0.393. The summed E-state index contributed by atoms with van der Waals surface area (Å²) in [5.41, 5.74) is 1.62. The molecule has 2 heterocycles. The van der Waals surface area contributed by atoms with E-state index in [1.165, 1.54) is 43.4 Å². The van der Waals surface area contributed by atoms with E-state index in [-0.39, 0.29) is 11.2 Å². The van der Waals surface area contributed by atoms with Gasteiger partial charge >= 0.3 is 0 Å². The van der Waals surface area contributed by atoms with E-state index in [9.17, 15) is 4.79 Å². The maximum Gasteiger partial charge on any atom is 0.178 e. The molecule has 122 valence electrons. The van der Waals surface area contributed by atoms with Crippen LogP contribution in [0.2, 0.25) is 0 Å². The van der Waals surface area contributed by atoms with Crippen LogP contribution in [0.5, 0.6) is 0 Å². The second-order valence-corrected chi connectivity index (χ2v) is 12.5. The van der Waals surface area contributed by atoms with Gasteiger partial charge in [-0.1, -0.05) is 25.5 Å². The fourth-order valence-corrected chi connectivity index (χ4v) is 11.5. The number of fused-ring (bicyclic) bond motifs is 5. The van der Waals surface area contributed by atoms with Crippen LogP contribution >= 0.6 is 10.0 Å². The van der Waals surface area contributed by atoms with Gasteiger partial charge in [0, 0.05) is 5.41 Å². The molecule has 2 aliphatic heterocycles. The molecule has 0 N–H and O–H groups in total. The zero-order valence-corrected chi connectivity index (χ0v) is 15.1. The highest BCUT2D eigenvalue weighted by atomic mass is 32.3. The van der Waals surface area contributed by atoms with Crippen LogP contribution in [0, 0.1) is 17.3 Å². The van der Waals surface area contributed by atoms with Gasteiger partial charge in [-0.15, -0.1) is 0 Å². The van der Waals surface area contributed by atoms with Crippen molar-refractivity contribution in [1.29, 1.82) is 0 Å². The van der Waals surface area contributed by atoms with Crippen molar-refractivity contribution in [2.75, 3.05) is 12.0 Å². The van der Waals surface area contributed by atoms with Crippen molar-refractivity contribution in [1.82, 2.24) is 0 Å². The Morgan fingerprint density at radius 1 is 1.27 bits per heavy atom. The number of carbonyl (C=O) groups is 1. The summed E-state index contributed by atoms with van der Waals surface area (Å²) in [5, 5.41) is 2.05. The summed E-state index contributed by atoms with van der Waals surface area (Å²) in [5.74, 6) is 3.41. The first-order chi connectivity index (χ1) is 10.5. The monoisotopic (exact) mass is 318 g/mol. The van der Waals surface area contributed by atoms with E-state index in [2.05, 4.69) is 26.2 Å². The smallest absolute Gasteiger partial charge is 0.178 e. The Hall–Kier alpha value is -0.500. The average Bonchev–Trinajstić information content (AvgIpc) is 2.84. The van der Waals surface area contributed by atoms with E-state index in [0.717, 1.165) is 28.8 Å². The third kappa shape index (κ3) is 1.89. The highest BCUT2D eigenvalue weighted by molar-refractivity contribution is 8.34. The number of hydrogen-bond donors (Lipinski definition) is 0. The molecule has 2 heteroatoms. The maximum absolute atomic E-state index is 11.8. The van der Waals surface area contributed by atoms with Crippen LogP contribution in [0.1, 0.15) is 52.4 Å². The molecule has 3 unspecified atom stereocenters. The minimum absolute atomic E-state index is 0.182. The third-order valence-corrected chi connectivity index (χ3v) is 12.8. The van der Waals surface area contributed by atoms with Gasteiger partial charge in [-0.3, -0.25) is 4.79 Å². The molecule has 4 rings (SSSR count). The molecule has 0 spiro atoms. The topological polar surface area (TPSA) is 17.1 Å². The summed E-state index contributed by atoms with van der Waals surface area (Å²) < 4.78 is 0. The zero-order valence-electron chi connectivity index (χ0n) is 14.3. The van der Waals surface area contributed by atoms with Crippen LogP contribution in [0.25, 0.3) is 0 Å². The lowest BCUT2D eigenvalue weighted by Crippen LogP contribution is -2.48. The van der Waals surface area contributed by atoms with Crippen LogP contribution in [-0.2, 0) is 4.79 Å². The molecule has 2 aliphatic carbocycles. The average molecular weight is 319 g/mol. The Morgan fingerprint density at radius 2 is 2.09 bits per heavy atom. The molecule has 6 atom stereocenters. The van der Waals surface area contributed by atoms with Crippen molar-refractivity contribution in [2.24, 2.45) is 17.3 Å². The second kappa shape index (κ2) is 5.00. The summed E-state index contributed by atoms with van der Waals surface area (Å²) in [6.45, 7) is 4.83. The standard InChI is InChI=1S/C20H30OS/c1-4-16-6-8-19-17-7-5-14-13-15(21)9-11-20(14,2)18(17)10-12-22(16,19)3/h9,11,13,16-19H,4-8,10,12H2,1-3H3/t16-,17+,18?,19?,20-/m0/s1. The van der Waals surface area contributed by atoms with Crippen molar-refractivity contribution in [3.05, 3.63) is 23.8 Å². The van der Waals surface area contributed by atoms with Gasteiger partial charge in [-0.25, -0.2) is 10.0 Å². The molecule has 0 bridgehead atoms. The lowest BCUT2D eigenvalue weighted by atomic mass is 9.56. The van der Waals surface area contributed by atoms with Crippen molar-refractivity contribution >= 4 is 15.8 Å². The van der Waals surface area contributed by atoms with Crippen molar-refractivity contribution in [3.63, 3.8) is 0 Å². The quantitative estimate of drug-likeness (QED) is 0.674. The molecule has 3 fully saturated rings. The van der Waals surface area contributed by atoms with Crippen LogP contribution in [0.3, 0.4) is 0 Å². The van der Waals surface area contributed by atoms with Gasteiger partial charge < -0.3 is 0 Å². The Bertz CT molecular complexity index is 562. The molecule has 0 aromatic heterocycles. The van der Waals surface area contributed by atoms with Gasteiger partial charge in [0.2, 0.25) is 0 Å².